The maximum Gasteiger partial charge on any atom is 0.227 e. The maximum atomic E-state index is 12.0. The minimum Gasteiger partial charge on any atom is -0.369 e. The number of amides is 2. The van der Waals surface area contributed by atoms with Gasteiger partial charge >= 0.3 is 0 Å². The van der Waals surface area contributed by atoms with Gasteiger partial charge in [0.25, 0.3) is 0 Å². The summed E-state index contributed by atoms with van der Waals surface area (Å²) in [5, 5.41) is 0. The highest BCUT2D eigenvalue weighted by atomic mass is 16.2. The number of carbonyl (C=O) groups is 2. The molecule has 1 heterocycles. The zero-order valence-corrected chi connectivity index (χ0v) is 12.3. The van der Waals surface area contributed by atoms with Crippen LogP contribution >= 0.6 is 0 Å². The summed E-state index contributed by atoms with van der Waals surface area (Å²) in [6.45, 7) is 0.414. The molecule has 1 aliphatic carbocycles. The second-order valence-electron chi connectivity index (χ2n) is 6.23. The molecule has 2 amide bonds. The van der Waals surface area contributed by atoms with Crippen molar-refractivity contribution in [1.29, 1.82) is 0 Å². The van der Waals surface area contributed by atoms with Gasteiger partial charge in [0.05, 0.1) is 5.92 Å². The molecule has 0 bridgehead atoms. The lowest BCUT2D eigenvalue weighted by Crippen LogP contribution is -2.28. The minimum absolute atomic E-state index is 0.00998. The summed E-state index contributed by atoms with van der Waals surface area (Å²) in [5.41, 5.74) is 7.55. The molecule has 1 saturated heterocycles. The first-order valence-electron chi connectivity index (χ1n) is 7.85. The number of benzene rings is 1. The molecule has 1 aliphatic heterocycles. The van der Waals surface area contributed by atoms with Crippen LogP contribution in [0.25, 0.3) is 0 Å². The zero-order valence-electron chi connectivity index (χ0n) is 12.3. The topological polar surface area (TPSA) is 63.4 Å². The van der Waals surface area contributed by atoms with Crippen LogP contribution in [0.4, 0.5) is 5.69 Å². The van der Waals surface area contributed by atoms with Gasteiger partial charge < -0.3 is 10.6 Å². The van der Waals surface area contributed by atoms with Crippen LogP contribution in [0.3, 0.4) is 0 Å². The Labute approximate surface area is 125 Å². The smallest absolute Gasteiger partial charge is 0.227 e. The summed E-state index contributed by atoms with van der Waals surface area (Å²) in [7, 11) is 0. The molecule has 1 atom stereocenters. The number of nitrogens with zero attached hydrogens (tertiary/aromatic N) is 1. The molecule has 2 fully saturated rings. The number of rotatable bonds is 3. The fourth-order valence-corrected chi connectivity index (χ4v) is 3.51. The summed E-state index contributed by atoms with van der Waals surface area (Å²) >= 11 is 0. The van der Waals surface area contributed by atoms with Crippen LogP contribution in [-0.4, -0.2) is 18.4 Å². The highest BCUT2D eigenvalue weighted by Crippen LogP contribution is 2.34. The van der Waals surface area contributed by atoms with E-state index in [1.807, 2.05) is 12.1 Å². The van der Waals surface area contributed by atoms with Crippen LogP contribution in [0.1, 0.15) is 50.0 Å². The second kappa shape index (κ2) is 5.88. The van der Waals surface area contributed by atoms with Gasteiger partial charge in [-0.05, 0) is 36.5 Å². The molecule has 1 saturated carbocycles. The molecule has 1 aromatic carbocycles. The van der Waals surface area contributed by atoms with Crippen molar-refractivity contribution in [2.75, 3.05) is 11.4 Å². The monoisotopic (exact) mass is 286 g/mol. The van der Waals surface area contributed by atoms with Crippen molar-refractivity contribution in [2.45, 2.75) is 44.4 Å². The summed E-state index contributed by atoms with van der Waals surface area (Å²) < 4.78 is 0. The van der Waals surface area contributed by atoms with E-state index in [1.54, 1.807) is 4.90 Å². The van der Waals surface area contributed by atoms with Crippen molar-refractivity contribution in [1.82, 2.24) is 0 Å². The van der Waals surface area contributed by atoms with Gasteiger partial charge in [0, 0.05) is 18.7 Å². The van der Waals surface area contributed by atoms with E-state index in [1.165, 1.54) is 37.7 Å². The first-order chi connectivity index (χ1) is 10.1. The first kappa shape index (κ1) is 14.1. The average Bonchev–Trinajstić information content (AvgIpc) is 2.91. The summed E-state index contributed by atoms with van der Waals surface area (Å²) in [4.78, 5) is 24.9. The predicted octanol–water partition coefficient (Wildman–Crippen LogP) is 2.57. The van der Waals surface area contributed by atoms with Gasteiger partial charge in [-0.25, -0.2) is 0 Å². The van der Waals surface area contributed by atoms with Crippen molar-refractivity contribution < 1.29 is 9.59 Å². The van der Waals surface area contributed by atoms with Crippen molar-refractivity contribution in [3.63, 3.8) is 0 Å². The Kier molecular flexibility index (Phi) is 3.95. The maximum absolute atomic E-state index is 12.0. The van der Waals surface area contributed by atoms with E-state index >= 15 is 0 Å². The molecule has 0 spiro atoms. The van der Waals surface area contributed by atoms with E-state index in [2.05, 4.69) is 12.1 Å². The molecular formula is C17H22N2O2. The first-order valence-corrected chi connectivity index (χ1v) is 7.85. The molecular weight excluding hydrogens is 264 g/mol. The number of anilines is 1. The molecule has 1 aromatic rings. The van der Waals surface area contributed by atoms with Gasteiger partial charge in [-0.2, -0.15) is 0 Å². The Balaban J connectivity index is 1.72. The Bertz CT molecular complexity index is 532. The molecule has 2 N–H and O–H groups in total. The molecule has 112 valence electrons. The van der Waals surface area contributed by atoms with Gasteiger partial charge in [-0.3, -0.25) is 9.59 Å². The van der Waals surface area contributed by atoms with Gasteiger partial charge in [0.2, 0.25) is 11.8 Å². The van der Waals surface area contributed by atoms with Gasteiger partial charge in [0.15, 0.2) is 0 Å². The third-order valence-electron chi connectivity index (χ3n) is 4.81. The summed E-state index contributed by atoms with van der Waals surface area (Å²) in [6.07, 6.45) is 6.76. The highest BCUT2D eigenvalue weighted by Gasteiger charge is 2.33. The van der Waals surface area contributed by atoms with Crippen LogP contribution in [0, 0.1) is 5.92 Å². The Morgan fingerprint density at radius 3 is 2.33 bits per heavy atom. The normalized spacial score (nSPS) is 23.5. The minimum atomic E-state index is -0.385. The molecule has 4 heteroatoms. The largest absolute Gasteiger partial charge is 0.369 e. The van der Waals surface area contributed by atoms with E-state index in [0.29, 0.717) is 12.5 Å². The molecule has 3 rings (SSSR count). The Hall–Kier alpha value is -1.84. The quantitative estimate of drug-likeness (QED) is 0.928. The van der Waals surface area contributed by atoms with Crippen molar-refractivity contribution in [2.24, 2.45) is 11.7 Å². The number of carbonyl (C=O) groups excluding carboxylic acids is 2. The van der Waals surface area contributed by atoms with E-state index < -0.39 is 0 Å². The van der Waals surface area contributed by atoms with Gasteiger partial charge in [-0.1, -0.05) is 31.4 Å². The predicted molar refractivity (Wildman–Crippen MR) is 81.9 cm³/mol. The van der Waals surface area contributed by atoms with Gasteiger partial charge in [0.1, 0.15) is 0 Å². The van der Waals surface area contributed by atoms with E-state index in [0.717, 1.165) is 5.69 Å². The Morgan fingerprint density at radius 2 is 1.76 bits per heavy atom. The average molecular weight is 286 g/mol. The van der Waals surface area contributed by atoms with Crippen LogP contribution < -0.4 is 10.6 Å². The van der Waals surface area contributed by atoms with Crippen molar-refractivity contribution in [3.8, 4) is 0 Å². The van der Waals surface area contributed by atoms with Gasteiger partial charge in [-0.15, -0.1) is 0 Å². The van der Waals surface area contributed by atoms with E-state index in [-0.39, 0.29) is 24.2 Å². The van der Waals surface area contributed by atoms with Crippen LogP contribution in [0.15, 0.2) is 24.3 Å². The zero-order chi connectivity index (χ0) is 14.8. The van der Waals surface area contributed by atoms with Crippen molar-refractivity contribution in [3.05, 3.63) is 29.8 Å². The third-order valence-corrected chi connectivity index (χ3v) is 4.81. The van der Waals surface area contributed by atoms with E-state index in [9.17, 15) is 9.59 Å². The third kappa shape index (κ3) is 2.94. The lowest BCUT2D eigenvalue weighted by atomic mass is 9.84. The second-order valence-corrected chi connectivity index (χ2v) is 6.23. The van der Waals surface area contributed by atoms with Crippen LogP contribution in [-0.2, 0) is 9.59 Å². The number of primary amides is 1. The highest BCUT2D eigenvalue weighted by molar-refractivity contribution is 6.00. The SMILES string of the molecule is NC(=O)C1CC(=O)N(c2ccc(C3CCCCC3)cc2)C1. The summed E-state index contributed by atoms with van der Waals surface area (Å²) in [6, 6.07) is 8.28. The summed E-state index contributed by atoms with van der Waals surface area (Å²) in [5.74, 6) is -0.0788. The molecule has 21 heavy (non-hydrogen) atoms. The number of nitrogens with two attached hydrogens (primary N) is 1. The van der Waals surface area contributed by atoms with E-state index in [4.69, 9.17) is 5.73 Å². The lowest BCUT2D eigenvalue weighted by molar-refractivity contribution is -0.123. The fraction of sp³-hybridized carbons (Fsp3) is 0.529. The number of hydrogen-bond donors (Lipinski definition) is 1. The fourth-order valence-electron chi connectivity index (χ4n) is 3.51. The molecule has 1 unspecified atom stereocenters. The van der Waals surface area contributed by atoms with Crippen molar-refractivity contribution >= 4 is 17.5 Å². The standard InChI is InChI=1S/C17H22N2O2/c18-17(21)14-10-16(20)19(11-14)15-8-6-13(7-9-15)12-4-2-1-3-5-12/h6-9,12,14H,1-5,10-11H2,(H2,18,21). The number of hydrogen-bond acceptors (Lipinski definition) is 2. The lowest BCUT2D eigenvalue weighted by Gasteiger charge is -2.23. The molecule has 0 aromatic heterocycles. The molecule has 0 radical (unpaired) electrons. The molecule has 4 nitrogen and oxygen atoms in total. The Morgan fingerprint density at radius 1 is 1.10 bits per heavy atom. The molecule has 2 aliphatic rings. The van der Waals surface area contributed by atoms with Crippen LogP contribution in [0.2, 0.25) is 0 Å². The van der Waals surface area contributed by atoms with Crippen LogP contribution in [0.5, 0.6) is 0 Å².